The number of fused-ring (bicyclic) bond motifs is 1. The molecular weight excluding hydrogens is 382 g/mol. The molecule has 0 amide bonds. The predicted molar refractivity (Wildman–Crippen MR) is 112 cm³/mol. The third-order valence-electron chi connectivity index (χ3n) is 4.78. The molecule has 30 heavy (non-hydrogen) atoms. The first-order chi connectivity index (χ1) is 14.5. The van der Waals surface area contributed by atoms with Crippen molar-refractivity contribution in [3.63, 3.8) is 0 Å². The van der Waals surface area contributed by atoms with Crippen LogP contribution in [-0.2, 0) is 20.1 Å². The fourth-order valence-electron chi connectivity index (χ4n) is 3.13. The minimum Gasteiger partial charge on any atom is -0.486 e. The second-order valence-electron chi connectivity index (χ2n) is 6.80. The summed E-state index contributed by atoms with van der Waals surface area (Å²) in [6.45, 7) is 2.27. The molecule has 2 heterocycles. The zero-order valence-corrected chi connectivity index (χ0v) is 16.7. The highest BCUT2D eigenvalue weighted by atomic mass is 16.5. The molecule has 4 aromatic rings. The second-order valence-corrected chi connectivity index (χ2v) is 6.80. The number of aromatic carboxylic acids is 1. The number of carbonyl (C=O) groups is 1. The van der Waals surface area contributed by atoms with Gasteiger partial charge in [-0.05, 0) is 42.8 Å². The van der Waals surface area contributed by atoms with E-state index in [2.05, 4.69) is 16.9 Å². The number of carboxylic acid groups (broad SMARTS) is 1. The number of aromatic nitrogens is 3. The average Bonchev–Trinajstić information content (AvgIpc) is 3.08. The highest BCUT2D eigenvalue weighted by Crippen LogP contribution is 2.26. The van der Waals surface area contributed by atoms with Crippen molar-refractivity contribution in [2.24, 2.45) is 7.05 Å². The number of aryl methyl sites for hydroxylation is 2. The summed E-state index contributed by atoms with van der Waals surface area (Å²) < 4.78 is 13.7. The van der Waals surface area contributed by atoms with E-state index in [4.69, 9.17) is 14.6 Å². The summed E-state index contributed by atoms with van der Waals surface area (Å²) in [5.41, 5.74) is 2.89. The van der Waals surface area contributed by atoms with Crippen LogP contribution in [0.15, 0.2) is 60.8 Å². The lowest BCUT2D eigenvalue weighted by Crippen LogP contribution is -2.04. The van der Waals surface area contributed by atoms with Crippen LogP contribution in [0.25, 0.3) is 11.0 Å². The first-order valence-corrected chi connectivity index (χ1v) is 9.58. The molecule has 0 atom stereocenters. The molecule has 0 aliphatic rings. The smallest absolute Gasteiger partial charge is 0.335 e. The zero-order chi connectivity index (χ0) is 21.1. The molecule has 4 rings (SSSR count). The molecule has 0 radical (unpaired) electrons. The van der Waals surface area contributed by atoms with Gasteiger partial charge in [-0.25, -0.2) is 9.78 Å². The molecule has 1 N–H and O–H groups in total. The molecule has 0 spiro atoms. The molecule has 0 saturated heterocycles. The Labute approximate surface area is 173 Å². The molecule has 2 aromatic heterocycles. The van der Waals surface area contributed by atoms with Crippen molar-refractivity contribution in [3.8, 4) is 17.2 Å². The van der Waals surface area contributed by atoms with Crippen LogP contribution in [0.3, 0.4) is 0 Å². The van der Waals surface area contributed by atoms with E-state index in [9.17, 15) is 4.79 Å². The Kier molecular flexibility index (Phi) is 5.34. The van der Waals surface area contributed by atoms with Gasteiger partial charge in [0.1, 0.15) is 29.7 Å². The van der Waals surface area contributed by atoms with Crippen molar-refractivity contribution >= 4 is 17.0 Å². The summed E-state index contributed by atoms with van der Waals surface area (Å²) in [6, 6.07) is 15.9. The third-order valence-corrected chi connectivity index (χ3v) is 4.78. The average molecular weight is 403 g/mol. The van der Waals surface area contributed by atoms with Crippen molar-refractivity contribution in [3.05, 3.63) is 77.9 Å². The number of rotatable bonds is 7. The molecule has 0 unspecified atom stereocenters. The van der Waals surface area contributed by atoms with Gasteiger partial charge in [0.25, 0.3) is 0 Å². The van der Waals surface area contributed by atoms with Crippen LogP contribution in [-0.4, -0.2) is 25.6 Å². The molecule has 0 fully saturated rings. The van der Waals surface area contributed by atoms with Crippen LogP contribution >= 0.6 is 0 Å². The van der Waals surface area contributed by atoms with Crippen molar-refractivity contribution in [2.75, 3.05) is 0 Å². The summed E-state index contributed by atoms with van der Waals surface area (Å²) in [6.07, 6.45) is 2.59. The lowest BCUT2D eigenvalue weighted by Gasteiger charge is -2.08. The van der Waals surface area contributed by atoms with E-state index in [0.29, 0.717) is 11.5 Å². The SMILES string of the molecule is CCc1cc(Oc2ccc3nc(COc4cccc(C(=O)O)c4)n(C)c3c2)ccn1. The van der Waals surface area contributed by atoms with E-state index in [1.54, 1.807) is 18.3 Å². The Morgan fingerprint density at radius 1 is 1.07 bits per heavy atom. The number of imidazole rings is 1. The topological polar surface area (TPSA) is 86.5 Å². The minimum atomic E-state index is -0.990. The minimum absolute atomic E-state index is 0.182. The van der Waals surface area contributed by atoms with Gasteiger partial charge in [0, 0.05) is 31.1 Å². The highest BCUT2D eigenvalue weighted by Gasteiger charge is 2.11. The first-order valence-electron chi connectivity index (χ1n) is 9.58. The zero-order valence-electron chi connectivity index (χ0n) is 16.7. The van der Waals surface area contributed by atoms with Crippen LogP contribution in [0.5, 0.6) is 17.2 Å². The van der Waals surface area contributed by atoms with E-state index < -0.39 is 5.97 Å². The van der Waals surface area contributed by atoms with Gasteiger partial charge >= 0.3 is 5.97 Å². The Bertz CT molecular complexity index is 1220. The Hall–Kier alpha value is -3.87. The summed E-state index contributed by atoms with van der Waals surface area (Å²) in [5, 5.41) is 9.11. The van der Waals surface area contributed by atoms with Crippen molar-refractivity contribution < 1.29 is 19.4 Å². The summed E-state index contributed by atoms with van der Waals surface area (Å²) >= 11 is 0. The van der Waals surface area contributed by atoms with E-state index in [1.165, 1.54) is 12.1 Å². The number of ether oxygens (including phenoxy) is 2. The van der Waals surface area contributed by atoms with Gasteiger partial charge < -0.3 is 19.1 Å². The van der Waals surface area contributed by atoms with Gasteiger partial charge in [-0.3, -0.25) is 4.98 Å². The van der Waals surface area contributed by atoms with E-state index in [-0.39, 0.29) is 12.2 Å². The lowest BCUT2D eigenvalue weighted by molar-refractivity contribution is 0.0696. The van der Waals surface area contributed by atoms with Gasteiger partial charge in [-0.15, -0.1) is 0 Å². The Morgan fingerprint density at radius 3 is 2.70 bits per heavy atom. The van der Waals surface area contributed by atoms with Crippen molar-refractivity contribution in [1.29, 1.82) is 0 Å². The maximum Gasteiger partial charge on any atom is 0.335 e. The molecule has 7 heteroatoms. The number of benzene rings is 2. The monoisotopic (exact) mass is 403 g/mol. The molecule has 0 bridgehead atoms. The van der Waals surface area contributed by atoms with Crippen molar-refractivity contribution in [1.82, 2.24) is 14.5 Å². The van der Waals surface area contributed by atoms with E-state index >= 15 is 0 Å². The highest BCUT2D eigenvalue weighted by molar-refractivity contribution is 5.88. The Morgan fingerprint density at radius 2 is 1.90 bits per heavy atom. The van der Waals surface area contributed by atoms with Crippen LogP contribution in [0.4, 0.5) is 0 Å². The molecule has 7 nitrogen and oxygen atoms in total. The number of hydrogen-bond donors (Lipinski definition) is 1. The van der Waals surface area contributed by atoms with Crippen LogP contribution in [0, 0.1) is 0 Å². The number of nitrogens with zero attached hydrogens (tertiary/aromatic N) is 3. The lowest BCUT2D eigenvalue weighted by atomic mass is 10.2. The quantitative estimate of drug-likeness (QED) is 0.485. The summed E-state index contributed by atoms with van der Waals surface area (Å²) in [4.78, 5) is 20.0. The Balaban J connectivity index is 1.53. The largest absolute Gasteiger partial charge is 0.486 e. The molecule has 0 saturated carbocycles. The van der Waals surface area contributed by atoms with Gasteiger partial charge in [0.05, 0.1) is 16.6 Å². The van der Waals surface area contributed by atoms with Gasteiger partial charge in [-0.1, -0.05) is 13.0 Å². The number of carboxylic acids is 1. The maximum absolute atomic E-state index is 11.1. The molecular formula is C23H21N3O4. The second kappa shape index (κ2) is 8.24. The molecule has 2 aromatic carbocycles. The van der Waals surface area contributed by atoms with Gasteiger partial charge in [-0.2, -0.15) is 0 Å². The molecule has 0 aliphatic heterocycles. The van der Waals surface area contributed by atoms with Crippen LogP contribution in [0.1, 0.15) is 28.8 Å². The molecule has 152 valence electrons. The van der Waals surface area contributed by atoms with E-state index in [1.807, 2.05) is 41.9 Å². The summed E-state index contributed by atoms with van der Waals surface area (Å²) in [7, 11) is 1.91. The standard InChI is InChI=1S/C23H21N3O4/c1-3-16-12-19(9-10-24-16)30-18-7-8-20-21(13-18)26(2)22(25-20)14-29-17-6-4-5-15(11-17)23(27)28/h4-13H,3,14H2,1-2H3,(H,27,28). The normalized spacial score (nSPS) is 10.9. The van der Waals surface area contributed by atoms with E-state index in [0.717, 1.165) is 34.7 Å². The van der Waals surface area contributed by atoms with Crippen LogP contribution in [0.2, 0.25) is 0 Å². The van der Waals surface area contributed by atoms with Crippen molar-refractivity contribution in [2.45, 2.75) is 20.0 Å². The van der Waals surface area contributed by atoms with Gasteiger partial charge in [0.15, 0.2) is 0 Å². The number of hydrogen-bond acceptors (Lipinski definition) is 5. The number of pyridine rings is 1. The fourth-order valence-corrected chi connectivity index (χ4v) is 3.13. The maximum atomic E-state index is 11.1. The predicted octanol–water partition coefficient (Wildman–Crippen LogP) is 4.60. The fraction of sp³-hybridized carbons (Fsp3) is 0.174. The summed E-state index contributed by atoms with van der Waals surface area (Å²) in [5.74, 6) is 1.66. The third kappa shape index (κ3) is 4.10. The van der Waals surface area contributed by atoms with Gasteiger partial charge in [0.2, 0.25) is 0 Å². The first kappa shape index (κ1) is 19.4. The van der Waals surface area contributed by atoms with Crippen LogP contribution < -0.4 is 9.47 Å². The molecule has 0 aliphatic carbocycles.